The van der Waals surface area contributed by atoms with Gasteiger partial charge in [0.15, 0.2) is 0 Å². The minimum absolute atomic E-state index is 0.312. The molecule has 290 valence electrons. The van der Waals surface area contributed by atoms with Crippen molar-refractivity contribution < 1.29 is 0 Å². The second-order valence-electron chi connectivity index (χ2n) is 16.5. The van der Waals surface area contributed by atoms with Crippen LogP contribution < -0.4 is 9.80 Å². The van der Waals surface area contributed by atoms with E-state index in [1.807, 2.05) is 0 Å². The van der Waals surface area contributed by atoms with Gasteiger partial charge >= 0.3 is 0 Å². The Labute approximate surface area is 358 Å². The molecule has 0 aromatic heterocycles. The maximum atomic E-state index is 2.57. The average molecular weight is 781 g/mol. The minimum atomic E-state index is -0.312. The van der Waals surface area contributed by atoms with Gasteiger partial charge in [0.25, 0.3) is 0 Å². The third-order valence-corrected chi connectivity index (χ3v) is 12.6. The Bertz CT molecular complexity index is 3210. The summed E-state index contributed by atoms with van der Waals surface area (Å²) in [5.74, 6) is 0. The summed E-state index contributed by atoms with van der Waals surface area (Å²) < 4.78 is 0. The Morgan fingerprint density at radius 3 is 1.69 bits per heavy atom. The van der Waals surface area contributed by atoms with Crippen molar-refractivity contribution in [1.29, 1.82) is 0 Å². The number of para-hydroxylation sites is 2. The van der Waals surface area contributed by atoms with Gasteiger partial charge in [-0.05, 0) is 91.5 Å². The molecule has 11 rings (SSSR count). The lowest BCUT2D eigenvalue weighted by molar-refractivity contribution is 0.634. The van der Waals surface area contributed by atoms with Gasteiger partial charge in [-0.3, -0.25) is 0 Å². The molecule has 0 saturated heterocycles. The molecule has 61 heavy (non-hydrogen) atoms. The molecule has 1 aliphatic rings. The summed E-state index contributed by atoms with van der Waals surface area (Å²) in [5.41, 5.74) is 16.3. The van der Waals surface area contributed by atoms with Crippen LogP contribution >= 0.6 is 0 Å². The highest BCUT2D eigenvalue weighted by molar-refractivity contribution is 6.10. The molecule has 10 aromatic rings. The van der Waals surface area contributed by atoms with Crippen LogP contribution in [0.2, 0.25) is 0 Å². The van der Waals surface area contributed by atoms with Crippen molar-refractivity contribution in [3.63, 3.8) is 0 Å². The molecule has 2 heteroatoms. The van der Waals surface area contributed by atoms with E-state index in [0.717, 1.165) is 28.3 Å². The molecule has 0 amide bonds. The normalized spacial score (nSPS) is 12.9. The maximum Gasteiger partial charge on any atom is 0.0781 e. The zero-order valence-corrected chi connectivity index (χ0v) is 34.3. The Balaban J connectivity index is 1.23. The van der Waals surface area contributed by atoms with E-state index in [-0.39, 0.29) is 5.41 Å². The molecule has 1 aliphatic heterocycles. The fourth-order valence-corrected chi connectivity index (χ4v) is 9.80. The second-order valence-corrected chi connectivity index (χ2v) is 16.5. The molecular weight excluding hydrogens is 737 g/mol. The standard InChI is InChI=1S/C59H44N2/c1-59(2)52-31-14-16-33-54(52)61(55-34-18-30-51(57(55)59)50-29-17-25-43-23-9-11-26-47(43)50)58-49-28-12-10-24-45(49)37-40-56(58)60(46-38-35-42(36-39-46)41-19-5-3-6-20-41)53-32-15-13-27-48(53)44-21-7-4-8-22-44/h3-40H,1-2H3. The predicted octanol–water partition coefficient (Wildman–Crippen LogP) is 16.6. The van der Waals surface area contributed by atoms with Crippen molar-refractivity contribution in [3.8, 4) is 33.4 Å². The smallest absolute Gasteiger partial charge is 0.0781 e. The van der Waals surface area contributed by atoms with Crippen molar-refractivity contribution in [1.82, 2.24) is 0 Å². The molecule has 0 saturated carbocycles. The van der Waals surface area contributed by atoms with Gasteiger partial charge < -0.3 is 9.80 Å². The molecule has 0 spiro atoms. The summed E-state index contributed by atoms with van der Waals surface area (Å²) >= 11 is 0. The number of hydrogen-bond donors (Lipinski definition) is 0. The lowest BCUT2D eigenvalue weighted by atomic mass is 9.70. The summed E-state index contributed by atoms with van der Waals surface area (Å²) in [6.07, 6.45) is 0. The van der Waals surface area contributed by atoms with Gasteiger partial charge in [0.2, 0.25) is 0 Å². The van der Waals surface area contributed by atoms with E-state index in [1.54, 1.807) is 0 Å². The van der Waals surface area contributed by atoms with Crippen LogP contribution in [-0.2, 0) is 5.41 Å². The van der Waals surface area contributed by atoms with Crippen molar-refractivity contribution in [3.05, 3.63) is 242 Å². The lowest BCUT2D eigenvalue weighted by Gasteiger charge is -2.44. The summed E-state index contributed by atoms with van der Waals surface area (Å²) in [6, 6.07) is 84.3. The van der Waals surface area contributed by atoms with Gasteiger partial charge in [-0.15, -0.1) is 0 Å². The van der Waals surface area contributed by atoms with Crippen LogP contribution in [0.4, 0.5) is 34.1 Å². The van der Waals surface area contributed by atoms with Crippen LogP contribution in [0.1, 0.15) is 25.0 Å². The van der Waals surface area contributed by atoms with E-state index in [9.17, 15) is 0 Å². The van der Waals surface area contributed by atoms with Gasteiger partial charge in [-0.2, -0.15) is 0 Å². The third kappa shape index (κ3) is 6.10. The molecule has 0 unspecified atom stereocenters. The highest BCUT2D eigenvalue weighted by atomic mass is 15.2. The monoisotopic (exact) mass is 780 g/mol. The lowest BCUT2D eigenvalue weighted by Crippen LogP contribution is -2.32. The van der Waals surface area contributed by atoms with E-state index in [2.05, 4.69) is 254 Å². The van der Waals surface area contributed by atoms with E-state index < -0.39 is 0 Å². The number of rotatable bonds is 7. The summed E-state index contributed by atoms with van der Waals surface area (Å²) in [6.45, 7) is 4.80. The van der Waals surface area contributed by atoms with Gasteiger partial charge in [0.1, 0.15) is 0 Å². The van der Waals surface area contributed by atoms with Crippen LogP contribution in [0.5, 0.6) is 0 Å². The zero-order valence-electron chi connectivity index (χ0n) is 34.3. The highest BCUT2D eigenvalue weighted by Gasteiger charge is 2.40. The quantitative estimate of drug-likeness (QED) is 0.159. The zero-order chi connectivity index (χ0) is 40.9. The summed E-state index contributed by atoms with van der Waals surface area (Å²) in [5, 5.41) is 4.86. The molecule has 0 atom stereocenters. The van der Waals surface area contributed by atoms with Gasteiger partial charge in [0, 0.05) is 22.1 Å². The van der Waals surface area contributed by atoms with Crippen molar-refractivity contribution in [2.24, 2.45) is 0 Å². The average Bonchev–Trinajstić information content (AvgIpc) is 3.32. The molecule has 1 heterocycles. The third-order valence-electron chi connectivity index (χ3n) is 12.6. The highest BCUT2D eigenvalue weighted by Crippen LogP contribution is 2.58. The first-order chi connectivity index (χ1) is 30.1. The molecular formula is C59H44N2. The van der Waals surface area contributed by atoms with Crippen LogP contribution in [-0.4, -0.2) is 0 Å². The first-order valence-electron chi connectivity index (χ1n) is 21.2. The molecule has 0 fully saturated rings. The number of anilines is 6. The van der Waals surface area contributed by atoms with Gasteiger partial charge in [0.05, 0.1) is 28.4 Å². The summed E-state index contributed by atoms with van der Waals surface area (Å²) in [4.78, 5) is 5.05. The summed E-state index contributed by atoms with van der Waals surface area (Å²) in [7, 11) is 0. The Hall–Kier alpha value is -7.68. The van der Waals surface area contributed by atoms with E-state index >= 15 is 0 Å². The first kappa shape index (κ1) is 36.4. The van der Waals surface area contributed by atoms with Crippen LogP contribution in [0.25, 0.3) is 54.9 Å². The SMILES string of the molecule is CC1(C)c2ccccc2N(c2c(N(c3ccc(-c4ccccc4)cc3)c3ccccc3-c3ccccc3)ccc3ccccc23)c2cccc(-c3cccc4ccccc34)c21. The fourth-order valence-electron chi connectivity index (χ4n) is 9.80. The topological polar surface area (TPSA) is 6.48 Å². The Kier molecular flexibility index (Phi) is 8.86. The van der Waals surface area contributed by atoms with Crippen LogP contribution in [0.15, 0.2) is 231 Å². The molecule has 0 radical (unpaired) electrons. The Morgan fingerprint density at radius 1 is 0.361 bits per heavy atom. The maximum absolute atomic E-state index is 2.57. The van der Waals surface area contributed by atoms with E-state index in [4.69, 9.17) is 0 Å². The van der Waals surface area contributed by atoms with Crippen molar-refractivity contribution in [2.45, 2.75) is 19.3 Å². The van der Waals surface area contributed by atoms with Gasteiger partial charge in [-0.1, -0.05) is 208 Å². The molecule has 10 aromatic carbocycles. The largest absolute Gasteiger partial charge is 0.308 e. The number of hydrogen-bond acceptors (Lipinski definition) is 2. The van der Waals surface area contributed by atoms with Crippen LogP contribution in [0.3, 0.4) is 0 Å². The van der Waals surface area contributed by atoms with Gasteiger partial charge in [-0.25, -0.2) is 0 Å². The van der Waals surface area contributed by atoms with E-state index in [1.165, 1.54) is 71.9 Å². The minimum Gasteiger partial charge on any atom is -0.308 e. The van der Waals surface area contributed by atoms with Crippen molar-refractivity contribution >= 4 is 55.7 Å². The van der Waals surface area contributed by atoms with E-state index in [0.29, 0.717) is 0 Å². The molecule has 0 aliphatic carbocycles. The number of benzene rings is 10. The number of fused-ring (bicyclic) bond motifs is 4. The predicted molar refractivity (Wildman–Crippen MR) is 259 cm³/mol. The molecule has 0 bridgehead atoms. The van der Waals surface area contributed by atoms with Crippen LogP contribution in [0, 0.1) is 0 Å². The number of nitrogens with zero attached hydrogens (tertiary/aromatic N) is 2. The Morgan fingerprint density at radius 2 is 0.902 bits per heavy atom. The molecule has 2 nitrogen and oxygen atoms in total. The fraction of sp³-hybridized carbons (Fsp3) is 0.0508. The first-order valence-corrected chi connectivity index (χ1v) is 21.2. The van der Waals surface area contributed by atoms with Crippen molar-refractivity contribution in [2.75, 3.05) is 9.80 Å². The molecule has 0 N–H and O–H groups in total. The second kappa shape index (κ2) is 14.9.